The molecule has 10 heteroatoms. The van der Waals surface area contributed by atoms with Crippen LogP contribution in [0.2, 0.25) is 0 Å². The Balaban J connectivity index is 0. The van der Waals surface area contributed by atoms with Gasteiger partial charge in [0.2, 0.25) is 0 Å². The van der Waals surface area contributed by atoms with Crippen LogP contribution in [0, 0.1) is 99.7 Å². The standard InChI is InChI=1S/C6H6O6S2.2Fr/c7-13(8,9)5-3-1-2-4-6(5)14(10,11)12;;/h1-4H,(H,7,8,9)(H,10,11,12);;/q;2*+1/p-2. The van der Waals surface area contributed by atoms with E-state index in [0.29, 0.717) is 0 Å². The molecule has 0 atom stereocenters. The summed E-state index contributed by atoms with van der Waals surface area (Å²) >= 11 is 0. The Labute approximate surface area is 176 Å². The third-order valence-electron chi connectivity index (χ3n) is 1.39. The zero-order chi connectivity index (χ0) is 11.0. The summed E-state index contributed by atoms with van der Waals surface area (Å²) in [6, 6.07) is 3.85. The van der Waals surface area contributed by atoms with Crippen molar-refractivity contribution < 1.29 is 126 Å². The van der Waals surface area contributed by atoms with Crippen LogP contribution >= 0.6 is 0 Å². The minimum Gasteiger partial charge on any atom is -0.744 e. The summed E-state index contributed by atoms with van der Waals surface area (Å²) < 4.78 is 63.2. The van der Waals surface area contributed by atoms with Crippen molar-refractivity contribution in [3.8, 4) is 0 Å². The van der Waals surface area contributed by atoms with Gasteiger partial charge in [0.1, 0.15) is 20.2 Å². The van der Waals surface area contributed by atoms with E-state index >= 15 is 0 Å². The first-order chi connectivity index (χ1) is 6.23. The van der Waals surface area contributed by atoms with Crippen LogP contribution in [-0.2, 0) is 20.2 Å². The van der Waals surface area contributed by atoms with Crippen molar-refractivity contribution in [1.82, 2.24) is 0 Å². The van der Waals surface area contributed by atoms with Crippen LogP contribution in [-0.4, -0.2) is 25.9 Å². The molecule has 0 fully saturated rings. The summed E-state index contributed by atoms with van der Waals surface area (Å²) in [6.45, 7) is 0. The molecular formula is C6H4Fr2O6S2. The van der Waals surface area contributed by atoms with Gasteiger partial charge in [0.25, 0.3) is 0 Å². The molecule has 1 aromatic carbocycles. The van der Waals surface area contributed by atoms with Gasteiger partial charge in [-0.1, -0.05) is 12.1 Å². The normalized spacial score (nSPS) is 11.1. The minimum absolute atomic E-state index is 0. The minimum atomic E-state index is -4.95. The van der Waals surface area contributed by atoms with Gasteiger partial charge >= 0.3 is 99.7 Å². The Hall–Kier alpha value is 2.23. The van der Waals surface area contributed by atoms with Crippen molar-refractivity contribution >= 4 is 20.2 Å². The Kier molecular flexibility index (Phi) is 9.93. The summed E-state index contributed by atoms with van der Waals surface area (Å²) in [6.07, 6.45) is 0. The second-order valence-corrected chi connectivity index (χ2v) is 5.05. The molecule has 0 aromatic heterocycles. The van der Waals surface area contributed by atoms with Gasteiger partial charge in [-0.05, 0) is 12.1 Å². The first-order valence-corrected chi connectivity index (χ1v) is 6.05. The maximum Gasteiger partial charge on any atom is 1.00 e. The summed E-state index contributed by atoms with van der Waals surface area (Å²) in [5.74, 6) is 0. The Morgan fingerprint density at radius 2 is 1.00 bits per heavy atom. The Bertz CT molecular complexity index is 499. The zero-order valence-corrected chi connectivity index (χ0v) is 26.6. The van der Waals surface area contributed by atoms with Gasteiger partial charge < -0.3 is 9.11 Å². The van der Waals surface area contributed by atoms with Gasteiger partial charge in [-0.25, -0.2) is 16.8 Å². The van der Waals surface area contributed by atoms with E-state index in [4.69, 9.17) is 0 Å². The van der Waals surface area contributed by atoms with Crippen LogP contribution in [0.1, 0.15) is 0 Å². The molecule has 16 heavy (non-hydrogen) atoms. The number of benzene rings is 1. The number of hydrogen-bond acceptors (Lipinski definition) is 6. The van der Waals surface area contributed by atoms with Gasteiger partial charge in [0.15, 0.2) is 0 Å². The molecule has 0 aliphatic heterocycles. The molecular weight excluding hydrogens is 678 g/mol. The summed E-state index contributed by atoms with van der Waals surface area (Å²) in [4.78, 5) is -2.04. The molecule has 0 bridgehead atoms. The molecule has 0 saturated carbocycles. The van der Waals surface area contributed by atoms with E-state index in [1.54, 1.807) is 0 Å². The predicted octanol–water partition coefficient (Wildman–Crippen LogP) is -0.505. The molecule has 1 rings (SSSR count). The second kappa shape index (κ2) is 7.73. The average molecular weight is 682 g/mol. The van der Waals surface area contributed by atoms with Crippen LogP contribution in [0.4, 0.5) is 0 Å². The van der Waals surface area contributed by atoms with Crippen molar-refractivity contribution in [2.45, 2.75) is 9.79 Å². The van der Waals surface area contributed by atoms with Crippen LogP contribution in [0.15, 0.2) is 34.1 Å². The second-order valence-electron chi connectivity index (χ2n) is 2.35. The van der Waals surface area contributed by atoms with Gasteiger partial charge in [-0.2, -0.15) is 0 Å². The van der Waals surface area contributed by atoms with Crippen LogP contribution < -0.4 is 0 Å². The van der Waals surface area contributed by atoms with E-state index in [2.05, 4.69) is 0 Å². The summed E-state index contributed by atoms with van der Waals surface area (Å²) in [7, 11) is -9.89. The average Bonchev–Trinajstić information content (AvgIpc) is 2.01. The van der Waals surface area contributed by atoms with Crippen molar-refractivity contribution in [2.24, 2.45) is 0 Å². The van der Waals surface area contributed by atoms with E-state index in [1.165, 1.54) is 0 Å². The maximum atomic E-state index is 10.5. The predicted molar refractivity (Wildman–Crippen MR) is 42.4 cm³/mol. The fraction of sp³-hybridized carbons (Fsp3) is 0. The molecule has 0 radical (unpaired) electrons. The first kappa shape index (κ1) is 20.6. The molecule has 0 aliphatic carbocycles. The Morgan fingerprint density at radius 3 is 1.19 bits per heavy atom. The SMILES string of the molecule is O=S(=O)([O-])c1ccccc1S(=O)(=O)[O-].[Fr+].[Fr+]. The molecule has 0 amide bonds. The molecule has 0 heterocycles. The molecule has 0 N–H and O–H groups in total. The topological polar surface area (TPSA) is 114 Å². The maximum absolute atomic E-state index is 10.5. The number of rotatable bonds is 2. The summed E-state index contributed by atoms with van der Waals surface area (Å²) in [5, 5.41) is 0. The fourth-order valence-corrected chi connectivity index (χ4v) is 2.59. The van der Waals surface area contributed by atoms with Gasteiger partial charge in [-0.3, -0.25) is 0 Å². The molecule has 6 nitrogen and oxygen atoms in total. The molecule has 78 valence electrons. The van der Waals surface area contributed by atoms with Crippen LogP contribution in [0.25, 0.3) is 0 Å². The quantitative estimate of drug-likeness (QED) is 0.389. The fourth-order valence-electron chi connectivity index (χ4n) is 0.863. The largest absolute Gasteiger partial charge is 1.00 e. The van der Waals surface area contributed by atoms with Gasteiger partial charge in [-0.15, -0.1) is 0 Å². The molecule has 0 unspecified atom stereocenters. The van der Waals surface area contributed by atoms with Gasteiger partial charge in [0.05, 0.1) is 9.79 Å². The smallest absolute Gasteiger partial charge is 0.744 e. The van der Waals surface area contributed by atoms with E-state index in [9.17, 15) is 25.9 Å². The third-order valence-corrected chi connectivity index (χ3v) is 3.31. The van der Waals surface area contributed by atoms with Crippen molar-refractivity contribution in [1.29, 1.82) is 0 Å². The summed E-state index contributed by atoms with van der Waals surface area (Å²) in [5.41, 5.74) is 0. The van der Waals surface area contributed by atoms with Crippen LogP contribution in [0.5, 0.6) is 0 Å². The third kappa shape index (κ3) is 5.92. The monoisotopic (exact) mass is 682 g/mol. The Morgan fingerprint density at radius 1 is 0.750 bits per heavy atom. The van der Waals surface area contributed by atoms with E-state index in [1.807, 2.05) is 0 Å². The molecule has 0 aliphatic rings. The first-order valence-electron chi connectivity index (χ1n) is 3.24. The van der Waals surface area contributed by atoms with E-state index in [0.717, 1.165) is 24.3 Å². The molecule has 0 saturated heterocycles. The van der Waals surface area contributed by atoms with Crippen LogP contribution in [0.3, 0.4) is 0 Å². The molecule has 0 spiro atoms. The van der Waals surface area contributed by atoms with Crippen molar-refractivity contribution in [3.63, 3.8) is 0 Å². The van der Waals surface area contributed by atoms with Crippen molar-refractivity contribution in [3.05, 3.63) is 24.3 Å². The van der Waals surface area contributed by atoms with E-state index in [-0.39, 0.29) is 99.7 Å². The van der Waals surface area contributed by atoms with E-state index < -0.39 is 30.0 Å². The van der Waals surface area contributed by atoms with Crippen molar-refractivity contribution in [2.75, 3.05) is 0 Å². The number of hydrogen-bond donors (Lipinski definition) is 0. The molecule has 1 aromatic rings. The zero-order valence-electron chi connectivity index (χ0n) is 8.58. The van der Waals surface area contributed by atoms with Gasteiger partial charge in [0, 0.05) is 0 Å².